The summed E-state index contributed by atoms with van der Waals surface area (Å²) in [7, 11) is 0. The monoisotopic (exact) mass is 243 g/mol. The zero-order valence-electron chi connectivity index (χ0n) is 11.6. The Hall–Kier alpha value is -0.560. The number of likely N-dealkylation sites (tertiary alicyclic amines) is 1. The molecular weight excluding hydrogens is 218 g/mol. The number of hydrogen-bond donors (Lipinski definition) is 0. The largest absolute Gasteiger partial charge is 0.300 e. The zero-order valence-corrected chi connectivity index (χ0v) is 11.6. The topological polar surface area (TPSA) is 3.24 Å². The van der Waals surface area contributed by atoms with E-state index in [0.29, 0.717) is 0 Å². The highest BCUT2D eigenvalue weighted by Gasteiger charge is 2.46. The van der Waals surface area contributed by atoms with Gasteiger partial charge in [0.05, 0.1) is 0 Å². The minimum Gasteiger partial charge on any atom is -0.300 e. The summed E-state index contributed by atoms with van der Waals surface area (Å²) >= 11 is 0. The molecule has 2 atom stereocenters. The number of nitrogens with zero attached hydrogens (tertiary/aromatic N) is 1. The molecule has 0 aromatic heterocycles. The van der Waals surface area contributed by atoms with Gasteiger partial charge in [-0.3, -0.25) is 0 Å². The van der Waals surface area contributed by atoms with Crippen LogP contribution in [-0.2, 0) is 0 Å². The molecule has 1 nitrogen and oxygen atoms in total. The molecule has 98 valence electrons. The van der Waals surface area contributed by atoms with E-state index in [1.54, 1.807) is 11.1 Å². The number of allylic oxidation sites excluding steroid dienone is 4. The molecule has 3 aliphatic carbocycles. The summed E-state index contributed by atoms with van der Waals surface area (Å²) in [5.74, 6) is 2.76. The van der Waals surface area contributed by atoms with Crippen molar-refractivity contribution in [2.45, 2.75) is 51.5 Å². The molecule has 3 fully saturated rings. The van der Waals surface area contributed by atoms with Crippen molar-refractivity contribution in [2.24, 2.45) is 17.8 Å². The first-order valence-corrected chi connectivity index (χ1v) is 7.99. The summed E-state index contributed by atoms with van der Waals surface area (Å²) < 4.78 is 0. The normalized spacial score (nSPS) is 43.6. The summed E-state index contributed by atoms with van der Waals surface area (Å²) in [6.45, 7) is 5.15. The average Bonchev–Trinajstić information content (AvgIpc) is 2.81. The van der Waals surface area contributed by atoms with E-state index < -0.39 is 0 Å². The van der Waals surface area contributed by atoms with E-state index in [9.17, 15) is 0 Å². The van der Waals surface area contributed by atoms with Gasteiger partial charge in [-0.2, -0.15) is 0 Å². The van der Waals surface area contributed by atoms with Gasteiger partial charge in [-0.15, -0.1) is 0 Å². The molecule has 1 heterocycles. The maximum absolute atomic E-state index is 2.77. The molecule has 4 rings (SSSR count). The second kappa shape index (κ2) is 4.23. The minimum atomic E-state index is 0.883. The standard InChI is InChI=1S/C17H25N/c1-12-16-10-13-4-6-15(18-8-2-3-9-18)7-5-14(13)11-17(12)16/h10-12,15-17H,2-9H2,1H3. The van der Waals surface area contributed by atoms with Crippen LogP contribution in [0.4, 0.5) is 0 Å². The molecule has 1 heteroatoms. The summed E-state index contributed by atoms with van der Waals surface area (Å²) in [4.78, 5) is 2.77. The first-order valence-electron chi connectivity index (χ1n) is 7.99. The first kappa shape index (κ1) is 11.3. The van der Waals surface area contributed by atoms with Gasteiger partial charge < -0.3 is 4.90 Å². The van der Waals surface area contributed by atoms with Crippen molar-refractivity contribution in [1.29, 1.82) is 0 Å². The Morgan fingerprint density at radius 1 is 0.944 bits per heavy atom. The summed E-state index contributed by atoms with van der Waals surface area (Å²) in [5, 5.41) is 0. The van der Waals surface area contributed by atoms with Crippen LogP contribution in [0.1, 0.15) is 45.4 Å². The van der Waals surface area contributed by atoms with Gasteiger partial charge in [0.25, 0.3) is 0 Å². The van der Waals surface area contributed by atoms with Crippen molar-refractivity contribution in [3.8, 4) is 0 Å². The second-order valence-electron chi connectivity index (χ2n) is 6.87. The number of hydrogen-bond acceptors (Lipinski definition) is 1. The highest BCUT2D eigenvalue weighted by atomic mass is 15.2. The van der Waals surface area contributed by atoms with E-state index in [2.05, 4.69) is 24.0 Å². The van der Waals surface area contributed by atoms with Crippen LogP contribution in [0.3, 0.4) is 0 Å². The first-order chi connectivity index (χ1) is 8.83. The van der Waals surface area contributed by atoms with Gasteiger partial charge >= 0.3 is 0 Å². The lowest BCUT2D eigenvalue weighted by Crippen LogP contribution is -2.32. The van der Waals surface area contributed by atoms with Gasteiger partial charge in [-0.1, -0.05) is 19.1 Å². The second-order valence-corrected chi connectivity index (χ2v) is 6.87. The molecule has 18 heavy (non-hydrogen) atoms. The van der Waals surface area contributed by atoms with Crippen molar-refractivity contribution in [3.63, 3.8) is 0 Å². The fraction of sp³-hybridized carbons (Fsp3) is 0.765. The Balaban J connectivity index is 1.49. The van der Waals surface area contributed by atoms with E-state index >= 15 is 0 Å². The van der Waals surface area contributed by atoms with Gasteiger partial charge in [0.2, 0.25) is 0 Å². The molecular formula is C17H25N. The Bertz CT molecular complexity index is 370. The minimum absolute atomic E-state index is 0.883. The molecule has 2 saturated carbocycles. The van der Waals surface area contributed by atoms with Crippen LogP contribution in [0.5, 0.6) is 0 Å². The van der Waals surface area contributed by atoms with Crippen LogP contribution in [0.2, 0.25) is 0 Å². The number of rotatable bonds is 1. The van der Waals surface area contributed by atoms with E-state index in [1.165, 1.54) is 51.6 Å². The molecule has 4 aliphatic rings. The molecule has 1 saturated heterocycles. The van der Waals surface area contributed by atoms with E-state index in [4.69, 9.17) is 0 Å². The highest BCUT2D eigenvalue weighted by molar-refractivity contribution is 5.41. The van der Waals surface area contributed by atoms with Gasteiger partial charge in [0.1, 0.15) is 0 Å². The zero-order chi connectivity index (χ0) is 12.1. The summed E-state index contributed by atoms with van der Waals surface area (Å²) in [5.41, 5.74) is 3.45. The predicted molar refractivity (Wildman–Crippen MR) is 75.4 cm³/mol. The van der Waals surface area contributed by atoms with E-state index in [-0.39, 0.29) is 0 Å². The van der Waals surface area contributed by atoms with E-state index in [1.807, 2.05) is 0 Å². The van der Waals surface area contributed by atoms with Crippen LogP contribution in [0.25, 0.3) is 0 Å². The van der Waals surface area contributed by atoms with Crippen LogP contribution in [0, 0.1) is 17.8 Å². The Morgan fingerprint density at radius 2 is 1.50 bits per heavy atom. The predicted octanol–water partition coefficient (Wildman–Crippen LogP) is 3.77. The van der Waals surface area contributed by atoms with Crippen LogP contribution in [0.15, 0.2) is 23.3 Å². The third kappa shape index (κ3) is 1.79. The van der Waals surface area contributed by atoms with Gasteiger partial charge in [0.15, 0.2) is 0 Å². The third-order valence-electron chi connectivity index (χ3n) is 5.87. The average molecular weight is 243 g/mol. The fourth-order valence-electron chi connectivity index (χ4n) is 4.48. The van der Waals surface area contributed by atoms with Gasteiger partial charge in [-0.05, 0) is 80.5 Å². The fourth-order valence-corrected chi connectivity index (χ4v) is 4.48. The lowest BCUT2D eigenvalue weighted by atomic mass is 9.94. The Kier molecular flexibility index (Phi) is 2.65. The van der Waals surface area contributed by atoms with Crippen molar-refractivity contribution in [2.75, 3.05) is 13.1 Å². The quantitative estimate of drug-likeness (QED) is 0.677. The van der Waals surface area contributed by atoms with Gasteiger partial charge in [-0.25, -0.2) is 0 Å². The van der Waals surface area contributed by atoms with Gasteiger partial charge in [0, 0.05) is 6.04 Å². The number of fused-ring (bicyclic) bond motifs is 2. The highest BCUT2D eigenvalue weighted by Crippen LogP contribution is 2.53. The molecule has 0 spiro atoms. The molecule has 0 radical (unpaired) electrons. The lowest BCUT2D eigenvalue weighted by Gasteiger charge is -2.25. The van der Waals surface area contributed by atoms with E-state index in [0.717, 1.165) is 23.8 Å². The maximum Gasteiger partial charge on any atom is 0.0102 e. The van der Waals surface area contributed by atoms with Crippen molar-refractivity contribution in [1.82, 2.24) is 4.90 Å². The molecule has 0 aromatic rings. The van der Waals surface area contributed by atoms with Crippen molar-refractivity contribution < 1.29 is 0 Å². The molecule has 0 N–H and O–H groups in total. The summed E-state index contributed by atoms with van der Waals surface area (Å²) in [6.07, 6.45) is 13.7. The van der Waals surface area contributed by atoms with Crippen LogP contribution < -0.4 is 0 Å². The molecule has 0 aromatic carbocycles. The Labute approximate surface area is 111 Å². The molecule has 2 unspecified atom stereocenters. The lowest BCUT2D eigenvalue weighted by molar-refractivity contribution is 0.223. The molecule has 0 bridgehead atoms. The summed E-state index contributed by atoms with van der Waals surface area (Å²) in [6, 6.07) is 0.883. The Morgan fingerprint density at radius 3 is 2.06 bits per heavy atom. The van der Waals surface area contributed by atoms with Crippen molar-refractivity contribution in [3.05, 3.63) is 23.3 Å². The van der Waals surface area contributed by atoms with Crippen molar-refractivity contribution >= 4 is 0 Å². The SMILES string of the molecule is CC1C2C=C3CCC(N4CCCC4)CCC3=CC12. The molecule has 1 aliphatic heterocycles. The smallest absolute Gasteiger partial charge is 0.0102 e. The maximum atomic E-state index is 2.77. The third-order valence-corrected chi connectivity index (χ3v) is 5.87. The van der Waals surface area contributed by atoms with Crippen LogP contribution >= 0.6 is 0 Å². The molecule has 0 amide bonds. The van der Waals surface area contributed by atoms with Crippen LogP contribution in [-0.4, -0.2) is 24.0 Å².